The molecule has 21 heavy (non-hydrogen) atoms. The summed E-state index contributed by atoms with van der Waals surface area (Å²) < 4.78 is 0. The fourth-order valence-corrected chi connectivity index (χ4v) is 2.30. The molecule has 0 atom stereocenters. The van der Waals surface area contributed by atoms with Crippen molar-refractivity contribution in [1.82, 2.24) is 0 Å². The largest absolute Gasteiger partial charge is 0.377 e. The van der Waals surface area contributed by atoms with E-state index < -0.39 is 0 Å². The predicted molar refractivity (Wildman–Crippen MR) is 89.5 cm³/mol. The molecule has 0 saturated heterocycles. The number of anilines is 2. The van der Waals surface area contributed by atoms with Crippen LogP contribution in [0.1, 0.15) is 21.5 Å². The smallest absolute Gasteiger partial charge is 0.255 e. The lowest BCUT2D eigenvalue weighted by Crippen LogP contribution is -2.14. The number of carbonyl (C=O) groups excluding carboxylic acids is 1. The summed E-state index contributed by atoms with van der Waals surface area (Å²) in [5.41, 5.74) is 4.67. The number of hydrogen-bond acceptors (Lipinski definition) is 2. The van der Waals surface area contributed by atoms with Crippen molar-refractivity contribution >= 4 is 28.9 Å². The number of carbonyl (C=O) groups is 1. The van der Waals surface area contributed by atoms with Crippen LogP contribution in [0, 0.1) is 6.92 Å². The molecule has 0 aliphatic rings. The highest BCUT2D eigenvalue weighted by molar-refractivity contribution is 6.17. The van der Waals surface area contributed by atoms with Crippen LogP contribution in [-0.2, 0) is 5.88 Å². The number of amides is 1. The van der Waals surface area contributed by atoms with Gasteiger partial charge in [-0.1, -0.05) is 18.2 Å². The third kappa shape index (κ3) is 3.76. The summed E-state index contributed by atoms with van der Waals surface area (Å²) in [4.78, 5) is 14.3. The number of nitrogens with one attached hydrogen (secondary N) is 1. The van der Waals surface area contributed by atoms with Gasteiger partial charge in [0.25, 0.3) is 5.91 Å². The number of nitrogens with zero attached hydrogens (tertiary/aromatic N) is 1. The third-order valence-corrected chi connectivity index (χ3v) is 3.63. The van der Waals surface area contributed by atoms with Gasteiger partial charge < -0.3 is 10.2 Å². The minimum atomic E-state index is -0.121. The zero-order valence-electron chi connectivity index (χ0n) is 12.5. The van der Waals surface area contributed by atoms with Crippen molar-refractivity contribution in [3.05, 3.63) is 59.2 Å². The Labute approximate surface area is 130 Å². The summed E-state index contributed by atoms with van der Waals surface area (Å²) in [5.74, 6) is 0.330. The van der Waals surface area contributed by atoms with Gasteiger partial charge in [0.2, 0.25) is 0 Å². The number of rotatable bonds is 4. The van der Waals surface area contributed by atoms with Crippen LogP contribution >= 0.6 is 11.6 Å². The average Bonchev–Trinajstić information content (AvgIpc) is 2.49. The van der Waals surface area contributed by atoms with Crippen molar-refractivity contribution in [3.8, 4) is 0 Å². The Morgan fingerprint density at radius 3 is 2.38 bits per heavy atom. The van der Waals surface area contributed by atoms with Crippen LogP contribution in [0.3, 0.4) is 0 Å². The second kappa shape index (κ2) is 6.64. The monoisotopic (exact) mass is 302 g/mol. The highest BCUT2D eigenvalue weighted by Gasteiger charge is 2.08. The van der Waals surface area contributed by atoms with E-state index in [0.717, 1.165) is 16.9 Å². The molecule has 0 aromatic heterocycles. The number of aryl methyl sites for hydroxylation is 1. The summed E-state index contributed by atoms with van der Waals surface area (Å²) >= 11 is 5.75. The maximum Gasteiger partial charge on any atom is 0.255 e. The van der Waals surface area contributed by atoms with Crippen LogP contribution in [0.2, 0.25) is 0 Å². The van der Waals surface area contributed by atoms with Crippen molar-refractivity contribution in [3.63, 3.8) is 0 Å². The first-order chi connectivity index (χ1) is 10.0. The maximum atomic E-state index is 12.2. The second-order valence-corrected chi connectivity index (χ2v) is 5.45. The van der Waals surface area contributed by atoms with Gasteiger partial charge in [-0.2, -0.15) is 0 Å². The standard InChI is InChI=1S/C17H19ClN2O/c1-12-4-9-15(10-16(12)20(2)3)19-17(21)14-7-5-13(11-18)6-8-14/h4-10H,11H2,1-3H3,(H,19,21). The van der Waals surface area contributed by atoms with E-state index in [4.69, 9.17) is 11.6 Å². The first kappa shape index (κ1) is 15.4. The van der Waals surface area contributed by atoms with E-state index in [0.29, 0.717) is 11.4 Å². The van der Waals surface area contributed by atoms with Crippen LogP contribution in [0.4, 0.5) is 11.4 Å². The fourth-order valence-electron chi connectivity index (χ4n) is 2.12. The molecule has 4 heteroatoms. The van der Waals surface area contributed by atoms with Crippen molar-refractivity contribution in [2.24, 2.45) is 0 Å². The van der Waals surface area contributed by atoms with Gasteiger partial charge in [-0.15, -0.1) is 11.6 Å². The van der Waals surface area contributed by atoms with Gasteiger partial charge in [-0.25, -0.2) is 0 Å². The number of halogens is 1. The van der Waals surface area contributed by atoms with Gasteiger partial charge in [0.15, 0.2) is 0 Å². The minimum Gasteiger partial charge on any atom is -0.377 e. The molecule has 2 rings (SSSR count). The third-order valence-electron chi connectivity index (χ3n) is 3.32. The van der Waals surface area contributed by atoms with Crippen molar-refractivity contribution in [2.45, 2.75) is 12.8 Å². The molecule has 0 aliphatic heterocycles. The normalized spacial score (nSPS) is 10.3. The molecule has 0 spiro atoms. The van der Waals surface area contributed by atoms with E-state index >= 15 is 0 Å². The van der Waals surface area contributed by atoms with Gasteiger partial charge in [0.1, 0.15) is 0 Å². The van der Waals surface area contributed by atoms with Crippen LogP contribution in [0.15, 0.2) is 42.5 Å². The predicted octanol–water partition coefficient (Wildman–Crippen LogP) is 4.05. The van der Waals surface area contributed by atoms with E-state index in [9.17, 15) is 4.79 Å². The van der Waals surface area contributed by atoms with Crippen molar-refractivity contribution in [2.75, 3.05) is 24.3 Å². The summed E-state index contributed by atoms with van der Waals surface area (Å²) in [5, 5.41) is 2.92. The molecule has 1 N–H and O–H groups in total. The number of hydrogen-bond donors (Lipinski definition) is 1. The molecule has 0 radical (unpaired) electrons. The Kier molecular flexibility index (Phi) is 4.86. The van der Waals surface area contributed by atoms with Crippen LogP contribution in [-0.4, -0.2) is 20.0 Å². The maximum absolute atomic E-state index is 12.2. The SMILES string of the molecule is Cc1ccc(NC(=O)c2ccc(CCl)cc2)cc1N(C)C. The molecule has 0 heterocycles. The first-order valence-electron chi connectivity index (χ1n) is 6.75. The highest BCUT2D eigenvalue weighted by atomic mass is 35.5. The van der Waals surface area contributed by atoms with Crippen LogP contribution in [0.25, 0.3) is 0 Å². The average molecular weight is 303 g/mol. The molecule has 0 unspecified atom stereocenters. The van der Waals surface area contributed by atoms with E-state index in [1.54, 1.807) is 12.1 Å². The fraction of sp³-hybridized carbons (Fsp3) is 0.235. The van der Waals surface area contributed by atoms with Gasteiger partial charge in [-0.05, 0) is 42.3 Å². The molecule has 110 valence electrons. The Bertz CT molecular complexity index is 636. The number of alkyl halides is 1. The van der Waals surface area contributed by atoms with Crippen molar-refractivity contribution in [1.29, 1.82) is 0 Å². The van der Waals surface area contributed by atoms with Gasteiger partial charge >= 0.3 is 0 Å². The highest BCUT2D eigenvalue weighted by Crippen LogP contribution is 2.23. The zero-order valence-corrected chi connectivity index (χ0v) is 13.2. The molecule has 2 aromatic carbocycles. The van der Waals surface area contributed by atoms with E-state index in [1.165, 1.54) is 5.56 Å². The number of benzene rings is 2. The lowest BCUT2D eigenvalue weighted by molar-refractivity contribution is 0.102. The Morgan fingerprint density at radius 1 is 1.14 bits per heavy atom. The van der Waals surface area contributed by atoms with Crippen LogP contribution in [0.5, 0.6) is 0 Å². The van der Waals surface area contributed by atoms with Gasteiger partial charge in [-0.3, -0.25) is 4.79 Å². The van der Waals surface area contributed by atoms with Gasteiger partial charge in [0.05, 0.1) is 0 Å². The first-order valence-corrected chi connectivity index (χ1v) is 7.29. The van der Waals surface area contributed by atoms with Crippen LogP contribution < -0.4 is 10.2 Å². The summed E-state index contributed by atoms with van der Waals surface area (Å²) in [6.07, 6.45) is 0. The lowest BCUT2D eigenvalue weighted by Gasteiger charge is -2.17. The topological polar surface area (TPSA) is 32.3 Å². The summed E-state index contributed by atoms with van der Waals surface area (Å²) in [6.45, 7) is 2.05. The molecule has 2 aromatic rings. The van der Waals surface area contributed by atoms with Gasteiger partial charge in [0, 0.05) is 36.9 Å². The minimum absolute atomic E-state index is 0.121. The van der Waals surface area contributed by atoms with E-state index in [-0.39, 0.29) is 5.91 Å². The van der Waals surface area contributed by atoms with Crippen molar-refractivity contribution < 1.29 is 4.79 Å². The molecule has 0 saturated carbocycles. The summed E-state index contributed by atoms with van der Waals surface area (Å²) in [6, 6.07) is 13.2. The molecule has 0 fully saturated rings. The second-order valence-electron chi connectivity index (χ2n) is 5.18. The Hall–Kier alpha value is -2.00. The Balaban J connectivity index is 2.17. The van der Waals surface area contributed by atoms with E-state index in [2.05, 4.69) is 5.32 Å². The molecular weight excluding hydrogens is 284 g/mol. The molecule has 0 bridgehead atoms. The van der Waals surface area contributed by atoms with E-state index in [1.807, 2.05) is 56.3 Å². The molecule has 1 amide bonds. The molecular formula is C17H19ClN2O. The lowest BCUT2D eigenvalue weighted by atomic mass is 10.1. The molecule has 0 aliphatic carbocycles. The zero-order chi connectivity index (χ0) is 15.4. The summed E-state index contributed by atoms with van der Waals surface area (Å²) in [7, 11) is 3.97. The quantitative estimate of drug-likeness (QED) is 0.864. The molecule has 3 nitrogen and oxygen atoms in total. The Morgan fingerprint density at radius 2 is 1.81 bits per heavy atom.